The smallest absolute Gasteiger partial charge is 0.310 e. The lowest BCUT2D eigenvalue weighted by molar-refractivity contribution is -0.142. The van der Waals surface area contributed by atoms with Gasteiger partial charge in [-0.15, -0.1) is 0 Å². The number of carbonyl (C=O) groups excluding carboxylic acids is 2. The molecule has 0 aromatic heterocycles. The molecule has 1 aromatic carbocycles. The Morgan fingerprint density at radius 2 is 1.89 bits per heavy atom. The second kappa shape index (κ2) is 4.68. The van der Waals surface area contributed by atoms with Crippen molar-refractivity contribution in [1.82, 2.24) is 10.6 Å². The summed E-state index contributed by atoms with van der Waals surface area (Å²) < 4.78 is 0. The fourth-order valence-corrected chi connectivity index (χ4v) is 2.44. The lowest BCUT2D eigenvalue weighted by Gasteiger charge is -2.36. The molecule has 102 valence electrons. The van der Waals surface area contributed by atoms with Crippen LogP contribution in [0.3, 0.4) is 0 Å². The minimum Gasteiger partial charge on any atom is -0.345 e. The third-order valence-electron chi connectivity index (χ3n) is 3.72. The number of aryl methyl sites for hydroxylation is 1. The van der Waals surface area contributed by atoms with Gasteiger partial charge in [0.15, 0.2) is 0 Å². The normalized spacial score (nSPS) is 23.2. The predicted octanol–water partition coefficient (Wildman–Crippen LogP) is 1.58. The first-order valence-electron chi connectivity index (χ1n) is 6.55. The zero-order valence-corrected chi connectivity index (χ0v) is 11.8. The summed E-state index contributed by atoms with van der Waals surface area (Å²) in [6, 6.07) is 6.30. The largest absolute Gasteiger partial charge is 0.345 e. The highest BCUT2D eigenvalue weighted by molar-refractivity contribution is 6.35. The van der Waals surface area contributed by atoms with Gasteiger partial charge in [0, 0.05) is 6.54 Å². The lowest BCUT2D eigenvalue weighted by Crippen LogP contribution is -2.61. The van der Waals surface area contributed by atoms with Crippen molar-refractivity contribution in [2.24, 2.45) is 0 Å². The SMILES string of the molecule is Cc1ccc(C(C)C)cc1C1(C)CNC(=O)C(=O)N1. The zero-order valence-electron chi connectivity index (χ0n) is 11.8. The maximum Gasteiger partial charge on any atom is 0.310 e. The van der Waals surface area contributed by atoms with Gasteiger partial charge in [-0.3, -0.25) is 9.59 Å². The molecule has 2 N–H and O–H groups in total. The van der Waals surface area contributed by atoms with Gasteiger partial charge in [0.25, 0.3) is 0 Å². The molecule has 1 aliphatic heterocycles. The molecule has 1 heterocycles. The van der Waals surface area contributed by atoms with Crippen molar-refractivity contribution in [3.8, 4) is 0 Å². The van der Waals surface area contributed by atoms with Crippen LogP contribution in [0.15, 0.2) is 18.2 Å². The van der Waals surface area contributed by atoms with Gasteiger partial charge in [0.1, 0.15) is 0 Å². The van der Waals surface area contributed by atoms with Crippen LogP contribution in [0, 0.1) is 6.92 Å². The molecule has 0 aliphatic carbocycles. The van der Waals surface area contributed by atoms with Crippen LogP contribution in [0.25, 0.3) is 0 Å². The molecule has 2 rings (SSSR count). The van der Waals surface area contributed by atoms with Crippen molar-refractivity contribution in [3.05, 3.63) is 34.9 Å². The predicted molar refractivity (Wildman–Crippen MR) is 73.8 cm³/mol. The van der Waals surface area contributed by atoms with Crippen LogP contribution in [0.2, 0.25) is 0 Å². The molecular formula is C15H20N2O2. The monoisotopic (exact) mass is 260 g/mol. The van der Waals surface area contributed by atoms with Gasteiger partial charge in [-0.1, -0.05) is 32.0 Å². The lowest BCUT2D eigenvalue weighted by atomic mass is 9.84. The van der Waals surface area contributed by atoms with Gasteiger partial charge in [-0.05, 0) is 36.5 Å². The summed E-state index contributed by atoms with van der Waals surface area (Å²) in [5.74, 6) is -0.699. The molecule has 0 saturated carbocycles. The Hall–Kier alpha value is -1.84. The van der Waals surface area contributed by atoms with Crippen molar-refractivity contribution in [3.63, 3.8) is 0 Å². The van der Waals surface area contributed by atoms with E-state index in [0.29, 0.717) is 12.5 Å². The Morgan fingerprint density at radius 1 is 1.21 bits per heavy atom. The van der Waals surface area contributed by atoms with Crippen LogP contribution in [-0.2, 0) is 15.1 Å². The van der Waals surface area contributed by atoms with Crippen LogP contribution < -0.4 is 10.6 Å². The molecule has 1 saturated heterocycles. The van der Waals surface area contributed by atoms with E-state index in [9.17, 15) is 9.59 Å². The average molecular weight is 260 g/mol. The Bertz CT molecular complexity index is 537. The summed E-state index contributed by atoms with van der Waals surface area (Å²) in [6.45, 7) is 8.65. The minimum atomic E-state index is -0.567. The first-order chi connectivity index (χ1) is 8.83. The second-order valence-electron chi connectivity index (χ2n) is 5.70. The van der Waals surface area contributed by atoms with E-state index in [1.165, 1.54) is 5.56 Å². The fourth-order valence-electron chi connectivity index (χ4n) is 2.44. The molecule has 0 spiro atoms. The molecule has 1 atom stereocenters. The molecule has 4 heteroatoms. The number of hydrogen-bond donors (Lipinski definition) is 2. The van der Waals surface area contributed by atoms with Crippen LogP contribution in [0.4, 0.5) is 0 Å². The van der Waals surface area contributed by atoms with Crippen LogP contribution in [-0.4, -0.2) is 18.4 Å². The molecular weight excluding hydrogens is 240 g/mol. The Morgan fingerprint density at radius 3 is 2.47 bits per heavy atom. The van der Waals surface area contributed by atoms with Crippen molar-refractivity contribution < 1.29 is 9.59 Å². The van der Waals surface area contributed by atoms with Gasteiger partial charge in [-0.2, -0.15) is 0 Å². The molecule has 0 bridgehead atoms. The highest BCUT2D eigenvalue weighted by Crippen LogP contribution is 2.28. The molecule has 1 aromatic rings. The first kappa shape index (κ1) is 13.6. The third-order valence-corrected chi connectivity index (χ3v) is 3.72. The van der Waals surface area contributed by atoms with Gasteiger partial charge in [0.05, 0.1) is 5.54 Å². The van der Waals surface area contributed by atoms with Crippen molar-refractivity contribution >= 4 is 11.8 Å². The summed E-state index contributed by atoms with van der Waals surface area (Å²) in [5, 5.41) is 5.46. The number of benzene rings is 1. The number of carbonyl (C=O) groups is 2. The minimum absolute atomic E-state index is 0.417. The Kier molecular flexibility index (Phi) is 3.35. The maximum absolute atomic E-state index is 11.6. The highest BCUT2D eigenvalue weighted by atomic mass is 16.2. The summed E-state index contributed by atoms with van der Waals surface area (Å²) in [5.41, 5.74) is 2.86. The van der Waals surface area contributed by atoms with Gasteiger partial charge in [-0.25, -0.2) is 0 Å². The van der Waals surface area contributed by atoms with Crippen LogP contribution in [0.5, 0.6) is 0 Å². The Labute approximate surface area is 113 Å². The number of hydrogen-bond acceptors (Lipinski definition) is 2. The topological polar surface area (TPSA) is 58.2 Å². The molecule has 0 radical (unpaired) electrons. The van der Waals surface area contributed by atoms with E-state index in [4.69, 9.17) is 0 Å². The first-order valence-corrected chi connectivity index (χ1v) is 6.55. The quantitative estimate of drug-likeness (QED) is 0.793. The second-order valence-corrected chi connectivity index (χ2v) is 5.70. The summed E-state index contributed by atoms with van der Waals surface area (Å²) in [4.78, 5) is 22.8. The maximum atomic E-state index is 11.6. The van der Waals surface area contributed by atoms with Gasteiger partial charge in [0.2, 0.25) is 0 Å². The molecule has 4 nitrogen and oxygen atoms in total. The summed E-state index contributed by atoms with van der Waals surface area (Å²) in [7, 11) is 0. The number of amides is 2. The molecule has 1 aliphatic rings. The standard InChI is InChI=1S/C15H20N2O2/c1-9(2)11-6-5-10(3)12(7-11)15(4)8-16-13(18)14(19)17-15/h5-7,9H,8H2,1-4H3,(H,16,18)(H,17,19). The molecule has 1 fully saturated rings. The van der Waals surface area contributed by atoms with Gasteiger partial charge < -0.3 is 10.6 Å². The van der Waals surface area contributed by atoms with E-state index < -0.39 is 17.4 Å². The Balaban J connectivity index is 2.42. The fraction of sp³-hybridized carbons (Fsp3) is 0.467. The van der Waals surface area contributed by atoms with E-state index in [2.05, 4.69) is 42.7 Å². The summed E-state index contributed by atoms with van der Waals surface area (Å²) >= 11 is 0. The van der Waals surface area contributed by atoms with Crippen molar-refractivity contribution in [1.29, 1.82) is 0 Å². The molecule has 1 unspecified atom stereocenters. The van der Waals surface area contributed by atoms with Crippen molar-refractivity contribution in [2.75, 3.05) is 6.54 Å². The van der Waals surface area contributed by atoms with E-state index in [-0.39, 0.29) is 0 Å². The third kappa shape index (κ3) is 2.48. The average Bonchev–Trinajstić information content (AvgIpc) is 2.34. The van der Waals surface area contributed by atoms with E-state index in [1.54, 1.807) is 0 Å². The zero-order chi connectivity index (χ0) is 14.2. The number of piperazine rings is 1. The molecule has 19 heavy (non-hydrogen) atoms. The molecule has 2 amide bonds. The number of rotatable bonds is 2. The van der Waals surface area contributed by atoms with Crippen LogP contribution >= 0.6 is 0 Å². The van der Waals surface area contributed by atoms with E-state index >= 15 is 0 Å². The van der Waals surface area contributed by atoms with E-state index in [1.807, 2.05) is 13.8 Å². The van der Waals surface area contributed by atoms with Crippen molar-refractivity contribution in [2.45, 2.75) is 39.2 Å². The van der Waals surface area contributed by atoms with Gasteiger partial charge >= 0.3 is 11.8 Å². The summed E-state index contributed by atoms with van der Waals surface area (Å²) in [6.07, 6.45) is 0. The number of nitrogens with one attached hydrogen (secondary N) is 2. The van der Waals surface area contributed by atoms with E-state index in [0.717, 1.165) is 11.1 Å². The highest BCUT2D eigenvalue weighted by Gasteiger charge is 2.37. The van der Waals surface area contributed by atoms with Crippen LogP contribution in [0.1, 0.15) is 43.4 Å².